The maximum atomic E-state index is 13.9. The van der Waals surface area contributed by atoms with Crippen molar-refractivity contribution in [3.05, 3.63) is 35.4 Å². The van der Waals surface area contributed by atoms with E-state index in [0.717, 1.165) is 12.0 Å². The Morgan fingerprint density at radius 2 is 1.72 bits per heavy atom. The van der Waals surface area contributed by atoms with Gasteiger partial charge in [-0.15, -0.1) is 0 Å². The van der Waals surface area contributed by atoms with Crippen LogP contribution in [-0.4, -0.2) is 66.0 Å². The third-order valence-electron chi connectivity index (χ3n) is 5.67. The van der Waals surface area contributed by atoms with Crippen LogP contribution in [0.1, 0.15) is 63.6 Å². The fourth-order valence-electron chi connectivity index (χ4n) is 3.73. The van der Waals surface area contributed by atoms with Crippen LogP contribution < -0.4 is 16.4 Å². The van der Waals surface area contributed by atoms with E-state index in [2.05, 4.69) is 15.4 Å². The highest BCUT2D eigenvalue weighted by Gasteiger charge is 2.42. The normalized spacial score (nSPS) is 15.0. The summed E-state index contributed by atoms with van der Waals surface area (Å²) >= 11 is 0. The summed E-state index contributed by atoms with van der Waals surface area (Å²) in [6.45, 7) is 6.50. The highest BCUT2D eigenvalue weighted by atomic mass is 16.6. The topological polar surface area (TPSA) is 157 Å². The van der Waals surface area contributed by atoms with Crippen LogP contribution in [0.5, 0.6) is 0 Å². The van der Waals surface area contributed by atoms with Gasteiger partial charge in [-0.3, -0.25) is 19.2 Å². The second-order valence-electron chi connectivity index (χ2n) is 9.81. The van der Waals surface area contributed by atoms with Crippen molar-refractivity contribution in [1.82, 2.24) is 15.5 Å². The van der Waals surface area contributed by atoms with Gasteiger partial charge in [0, 0.05) is 6.04 Å². The van der Waals surface area contributed by atoms with E-state index in [-0.39, 0.29) is 12.6 Å². The van der Waals surface area contributed by atoms with Crippen LogP contribution in [0.4, 0.5) is 4.79 Å². The molecule has 2 rings (SSSR count). The zero-order chi connectivity index (χ0) is 27.0. The minimum Gasteiger partial charge on any atom is -0.468 e. The number of primary amides is 1. The van der Waals surface area contributed by atoms with Crippen LogP contribution in [0, 0.1) is 6.92 Å². The zero-order valence-corrected chi connectivity index (χ0v) is 21.5. The van der Waals surface area contributed by atoms with E-state index in [1.807, 2.05) is 6.92 Å². The monoisotopic (exact) mass is 504 g/mol. The van der Waals surface area contributed by atoms with Gasteiger partial charge in [-0.25, -0.2) is 4.79 Å². The third-order valence-corrected chi connectivity index (χ3v) is 5.67. The van der Waals surface area contributed by atoms with E-state index in [9.17, 15) is 24.0 Å². The summed E-state index contributed by atoms with van der Waals surface area (Å²) in [4.78, 5) is 64.6. The number of rotatable bonds is 10. The Morgan fingerprint density at radius 1 is 1.11 bits per heavy atom. The van der Waals surface area contributed by atoms with E-state index >= 15 is 0 Å². The smallest absolute Gasteiger partial charge is 0.408 e. The number of ether oxygens (including phenoxy) is 2. The van der Waals surface area contributed by atoms with Crippen LogP contribution in [0.25, 0.3) is 0 Å². The van der Waals surface area contributed by atoms with Gasteiger partial charge >= 0.3 is 12.1 Å². The third kappa shape index (κ3) is 8.24. The molecule has 1 aromatic carbocycles. The van der Waals surface area contributed by atoms with E-state index in [4.69, 9.17) is 10.5 Å². The second kappa shape index (κ2) is 12.4. The van der Waals surface area contributed by atoms with Crippen LogP contribution in [-0.2, 0) is 28.7 Å². The Balaban J connectivity index is 2.46. The average molecular weight is 505 g/mol. The molecule has 4 N–H and O–H groups in total. The predicted octanol–water partition coefficient (Wildman–Crippen LogP) is 1.48. The minimum atomic E-state index is -1.35. The number of nitrogens with two attached hydrogens (primary N) is 1. The SMILES string of the molecule is COC(=O)CNC(=O)C(c1ccc(C)cc1)N(C(=O)C(CC(N)=O)NC(=O)OC(C)(C)C)C1CCC1. The Kier molecular flexibility index (Phi) is 9.83. The molecule has 2 atom stereocenters. The average Bonchev–Trinajstić information content (AvgIpc) is 2.74. The molecule has 1 aromatic rings. The summed E-state index contributed by atoms with van der Waals surface area (Å²) in [5, 5.41) is 4.97. The van der Waals surface area contributed by atoms with Gasteiger partial charge in [0.25, 0.3) is 0 Å². The molecule has 1 saturated carbocycles. The minimum absolute atomic E-state index is 0.316. The lowest BCUT2D eigenvalue weighted by Gasteiger charge is -2.43. The second-order valence-corrected chi connectivity index (χ2v) is 9.81. The first-order valence-electron chi connectivity index (χ1n) is 11.8. The van der Waals surface area contributed by atoms with E-state index in [0.29, 0.717) is 18.4 Å². The van der Waals surface area contributed by atoms with Crippen molar-refractivity contribution >= 4 is 29.8 Å². The number of carbonyl (C=O) groups excluding carboxylic acids is 5. The Labute approximate surface area is 211 Å². The van der Waals surface area contributed by atoms with Crippen LogP contribution in [0.15, 0.2) is 24.3 Å². The summed E-state index contributed by atoms with van der Waals surface area (Å²) < 4.78 is 9.87. The zero-order valence-electron chi connectivity index (χ0n) is 21.5. The predicted molar refractivity (Wildman–Crippen MR) is 130 cm³/mol. The Morgan fingerprint density at radius 3 is 2.19 bits per heavy atom. The number of nitrogens with one attached hydrogen (secondary N) is 2. The number of carbonyl (C=O) groups is 5. The molecule has 0 radical (unpaired) electrons. The molecule has 11 nitrogen and oxygen atoms in total. The molecular formula is C25H36N4O7. The quantitative estimate of drug-likeness (QED) is 0.407. The van der Waals surface area contributed by atoms with Gasteiger partial charge in [-0.1, -0.05) is 29.8 Å². The van der Waals surface area contributed by atoms with Crippen LogP contribution in [0.2, 0.25) is 0 Å². The van der Waals surface area contributed by atoms with Crippen molar-refractivity contribution in [2.75, 3.05) is 13.7 Å². The van der Waals surface area contributed by atoms with Crippen LogP contribution >= 0.6 is 0 Å². The first-order valence-corrected chi connectivity index (χ1v) is 11.8. The highest BCUT2D eigenvalue weighted by Crippen LogP contribution is 2.34. The van der Waals surface area contributed by atoms with Gasteiger partial charge in [0.2, 0.25) is 17.7 Å². The molecule has 1 aliphatic carbocycles. The van der Waals surface area contributed by atoms with Crippen molar-refractivity contribution in [3.63, 3.8) is 0 Å². The Bertz CT molecular complexity index is 968. The van der Waals surface area contributed by atoms with E-state index in [1.54, 1.807) is 45.0 Å². The van der Waals surface area contributed by atoms with Crippen molar-refractivity contribution in [2.45, 2.75) is 77.1 Å². The molecule has 0 saturated heterocycles. The summed E-state index contributed by atoms with van der Waals surface area (Å²) in [5.74, 6) is -2.70. The standard InChI is InChI=1S/C25H36N4O7/c1-15-9-11-16(12-10-15)21(22(32)27-14-20(31)35-5)29(17-7-6-8-17)23(33)18(13-19(26)30)28-24(34)36-25(2,3)4/h9-12,17-18,21H,6-8,13-14H2,1-5H3,(H2,26,30)(H,27,32)(H,28,34). The van der Waals surface area contributed by atoms with Crippen molar-refractivity contribution in [3.8, 4) is 0 Å². The lowest BCUT2D eigenvalue weighted by atomic mass is 9.87. The van der Waals surface area contributed by atoms with E-state index in [1.165, 1.54) is 12.0 Å². The fraction of sp³-hybridized carbons (Fsp3) is 0.560. The molecule has 0 bridgehead atoms. The lowest BCUT2D eigenvalue weighted by Crippen LogP contribution is -2.58. The van der Waals surface area contributed by atoms with Gasteiger partial charge in [-0.05, 0) is 52.5 Å². The first kappa shape index (κ1) is 28.6. The van der Waals surface area contributed by atoms with Gasteiger partial charge < -0.3 is 30.7 Å². The molecule has 2 unspecified atom stereocenters. The number of nitrogens with zero attached hydrogens (tertiary/aromatic N) is 1. The summed E-state index contributed by atoms with van der Waals surface area (Å²) in [6.07, 6.45) is 0.741. The largest absolute Gasteiger partial charge is 0.468 e. The fourth-order valence-corrected chi connectivity index (χ4v) is 3.73. The van der Waals surface area contributed by atoms with E-state index < -0.39 is 53.9 Å². The van der Waals surface area contributed by atoms with Gasteiger partial charge in [0.1, 0.15) is 24.2 Å². The molecular weight excluding hydrogens is 468 g/mol. The van der Waals surface area contributed by atoms with Crippen molar-refractivity contribution in [2.24, 2.45) is 5.73 Å². The molecule has 11 heteroatoms. The molecule has 36 heavy (non-hydrogen) atoms. The number of esters is 1. The van der Waals surface area contributed by atoms with Crippen molar-refractivity contribution in [1.29, 1.82) is 0 Å². The number of methoxy groups -OCH3 is 1. The number of aryl methyl sites for hydroxylation is 1. The Hall–Kier alpha value is -3.63. The molecule has 1 aliphatic rings. The molecule has 0 heterocycles. The molecule has 0 aromatic heterocycles. The van der Waals surface area contributed by atoms with Gasteiger partial charge in [0.15, 0.2) is 0 Å². The van der Waals surface area contributed by atoms with Crippen molar-refractivity contribution < 1.29 is 33.4 Å². The lowest BCUT2D eigenvalue weighted by molar-refractivity contribution is -0.149. The van der Waals surface area contributed by atoms with Gasteiger partial charge in [-0.2, -0.15) is 0 Å². The summed E-state index contributed by atoms with van der Waals surface area (Å²) in [6, 6.07) is 4.27. The first-order chi connectivity index (χ1) is 16.8. The van der Waals surface area contributed by atoms with Gasteiger partial charge in [0.05, 0.1) is 13.5 Å². The maximum Gasteiger partial charge on any atom is 0.408 e. The molecule has 198 valence electrons. The molecule has 4 amide bonds. The number of hydrogen-bond acceptors (Lipinski definition) is 7. The summed E-state index contributed by atoms with van der Waals surface area (Å²) in [5.41, 5.74) is 6.01. The highest BCUT2D eigenvalue weighted by molar-refractivity contribution is 5.95. The maximum absolute atomic E-state index is 13.9. The summed E-state index contributed by atoms with van der Waals surface area (Å²) in [7, 11) is 1.20. The number of alkyl carbamates (subject to hydrolysis) is 1. The number of amides is 4. The van der Waals surface area contributed by atoms with Crippen LogP contribution in [0.3, 0.4) is 0 Å². The number of hydrogen-bond donors (Lipinski definition) is 3. The molecule has 0 aliphatic heterocycles. The molecule has 0 spiro atoms. The number of benzene rings is 1. The molecule has 1 fully saturated rings.